The molecule has 258 valence electrons. The highest BCUT2D eigenvalue weighted by Crippen LogP contribution is 2.46. The van der Waals surface area contributed by atoms with Gasteiger partial charge < -0.3 is 9.47 Å². The van der Waals surface area contributed by atoms with Gasteiger partial charge in [0, 0.05) is 53.6 Å². The van der Waals surface area contributed by atoms with E-state index in [4.69, 9.17) is 0 Å². The van der Waals surface area contributed by atoms with Crippen molar-refractivity contribution in [3.05, 3.63) is 206 Å². The first-order valence-electron chi connectivity index (χ1n) is 18.8. The smallest absolute Gasteiger partial charge is 0.0546 e. The van der Waals surface area contributed by atoms with Crippen molar-refractivity contribution in [2.45, 2.75) is 0 Å². The van der Waals surface area contributed by atoms with Crippen LogP contribution in [-0.2, 0) is 0 Å². The minimum Gasteiger partial charge on any atom is -0.310 e. The van der Waals surface area contributed by atoms with Gasteiger partial charge >= 0.3 is 0 Å². The fourth-order valence-corrected chi connectivity index (χ4v) is 9.52. The zero-order valence-corrected chi connectivity index (χ0v) is 30.7. The molecule has 0 unspecified atom stereocenters. The van der Waals surface area contributed by atoms with Crippen molar-refractivity contribution in [1.29, 1.82) is 0 Å². The standard InChI is InChI=1S/C52H34N2S/c1-2-14-36(15-3-1)43-29-27-39(38-26-25-35-13-4-5-16-37(35)31-38)32-50(43)53(42-28-30-47-46-21-8-11-24-51(46)55-52(47)34-42)40-17-12-18-41(33-40)54-48-22-9-6-19-44(48)45-20-7-10-23-49(45)54/h1-34H. The first-order valence-corrected chi connectivity index (χ1v) is 19.6. The predicted octanol–water partition coefficient (Wildman–Crippen LogP) is 15.1. The highest BCUT2D eigenvalue weighted by Gasteiger charge is 2.21. The summed E-state index contributed by atoms with van der Waals surface area (Å²) in [6, 6.07) is 75.4. The molecule has 0 aliphatic heterocycles. The molecule has 0 saturated heterocycles. The van der Waals surface area contributed by atoms with E-state index in [-0.39, 0.29) is 0 Å². The van der Waals surface area contributed by atoms with E-state index < -0.39 is 0 Å². The van der Waals surface area contributed by atoms with Gasteiger partial charge in [-0.15, -0.1) is 11.3 Å². The number of aromatic nitrogens is 1. The van der Waals surface area contributed by atoms with E-state index in [1.165, 1.54) is 75.0 Å². The molecular formula is C52H34N2S. The molecule has 0 fully saturated rings. The lowest BCUT2D eigenvalue weighted by atomic mass is 9.95. The summed E-state index contributed by atoms with van der Waals surface area (Å²) in [6.45, 7) is 0. The molecule has 0 aliphatic rings. The number of para-hydroxylation sites is 2. The van der Waals surface area contributed by atoms with Gasteiger partial charge in [-0.3, -0.25) is 0 Å². The zero-order valence-electron chi connectivity index (χ0n) is 29.9. The van der Waals surface area contributed by atoms with E-state index in [1.807, 2.05) is 11.3 Å². The van der Waals surface area contributed by atoms with Crippen LogP contribution in [0.5, 0.6) is 0 Å². The molecule has 0 bridgehead atoms. The van der Waals surface area contributed by atoms with Gasteiger partial charge in [0.05, 0.1) is 16.7 Å². The lowest BCUT2D eigenvalue weighted by Crippen LogP contribution is -2.12. The van der Waals surface area contributed by atoms with E-state index in [0.29, 0.717) is 0 Å². The van der Waals surface area contributed by atoms with Crippen LogP contribution in [0.1, 0.15) is 0 Å². The number of benzene rings is 9. The van der Waals surface area contributed by atoms with Crippen molar-refractivity contribution in [3.63, 3.8) is 0 Å². The summed E-state index contributed by atoms with van der Waals surface area (Å²) >= 11 is 1.86. The molecule has 2 aromatic heterocycles. The van der Waals surface area contributed by atoms with Crippen LogP contribution in [-0.4, -0.2) is 4.57 Å². The molecule has 0 N–H and O–H groups in total. The minimum atomic E-state index is 1.09. The summed E-state index contributed by atoms with van der Waals surface area (Å²) < 4.78 is 4.98. The summed E-state index contributed by atoms with van der Waals surface area (Å²) in [5.74, 6) is 0. The Morgan fingerprint density at radius 2 is 1.00 bits per heavy atom. The monoisotopic (exact) mass is 718 g/mol. The van der Waals surface area contributed by atoms with Gasteiger partial charge in [-0.2, -0.15) is 0 Å². The summed E-state index contributed by atoms with van der Waals surface area (Å²) in [5.41, 5.74) is 11.6. The molecule has 0 saturated carbocycles. The molecule has 0 amide bonds. The van der Waals surface area contributed by atoms with E-state index >= 15 is 0 Å². The van der Waals surface area contributed by atoms with Crippen molar-refractivity contribution in [2.24, 2.45) is 0 Å². The number of anilines is 3. The SMILES string of the molecule is c1ccc(-c2ccc(-c3ccc4ccccc4c3)cc2N(c2cccc(-n3c4ccccc4c4ccccc43)c2)c2ccc3c(c2)sc2ccccc23)cc1. The second kappa shape index (κ2) is 12.9. The molecule has 55 heavy (non-hydrogen) atoms. The number of thiophene rings is 1. The van der Waals surface area contributed by atoms with Gasteiger partial charge in [-0.05, 0) is 88.1 Å². The lowest BCUT2D eigenvalue weighted by Gasteiger charge is -2.29. The number of hydrogen-bond donors (Lipinski definition) is 0. The average Bonchev–Trinajstić information content (AvgIpc) is 3.79. The van der Waals surface area contributed by atoms with Crippen molar-refractivity contribution in [3.8, 4) is 27.9 Å². The van der Waals surface area contributed by atoms with Crippen LogP contribution in [0.25, 0.3) is 80.7 Å². The Bertz CT molecular complexity index is 3170. The number of hydrogen-bond acceptors (Lipinski definition) is 2. The molecule has 3 heteroatoms. The maximum atomic E-state index is 2.47. The normalized spacial score (nSPS) is 11.6. The Hall–Kier alpha value is -6.94. The fraction of sp³-hybridized carbons (Fsp3) is 0. The Labute approximate surface area is 323 Å². The van der Waals surface area contributed by atoms with Crippen LogP contribution in [0.2, 0.25) is 0 Å². The molecule has 2 heterocycles. The third-order valence-electron chi connectivity index (χ3n) is 11.0. The first kappa shape index (κ1) is 31.6. The average molecular weight is 719 g/mol. The highest BCUT2D eigenvalue weighted by molar-refractivity contribution is 7.25. The van der Waals surface area contributed by atoms with Gasteiger partial charge in [0.2, 0.25) is 0 Å². The maximum Gasteiger partial charge on any atom is 0.0546 e. The predicted molar refractivity (Wildman–Crippen MR) is 237 cm³/mol. The number of rotatable bonds is 6. The molecular weight excluding hydrogens is 685 g/mol. The summed E-state index contributed by atoms with van der Waals surface area (Å²) in [5, 5.41) is 7.58. The van der Waals surface area contributed by atoms with Crippen LogP contribution in [0.3, 0.4) is 0 Å². The number of nitrogens with zero attached hydrogens (tertiary/aromatic N) is 2. The van der Waals surface area contributed by atoms with Crippen molar-refractivity contribution >= 4 is 81.1 Å². The Morgan fingerprint density at radius 1 is 0.364 bits per heavy atom. The Balaban J connectivity index is 1.18. The van der Waals surface area contributed by atoms with Gasteiger partial charge in [-0.1, -0.05) is 146 Å². The van der Waals surface area contributed by atoms with Crippen LogP contribution >= 0.6 is 11.3 Å². The fourth-order valence-electron chi connectivity index (χ4n) is 8.38. The van der Waals surface area contributed by atoms with Crippen LogP contribution in [0, 0.1) is 0 Å². The summed E-state index contributed by atoms with van der Waals surface area (Å²) in [4.78, 5) is 2.47. The van der Waals surface area contributed by atoms with E-state index in [9.17, 15) is 0 Å². The van der Waals surface area contributed by atoms with Crippen LogP contribution < -0.4 is 4.90 Å². The topological polar surface area (TPSA) is 8.17 Å². The molecule has 0 atom stereocenters. The third-order valence-corrected chi connectivity index (χ3v) is 12.1. The summed E-state index contributed by atoms with van der Waals surface area (Å²) in [7, 11) is 0. The largest absolute Gasteiger partial charge is 0.310 e. The van der Waals surface area contributed by atoms with Gasteiger partial charge in [0.25, 0.3) is 0 Å². The molecule has 0 radical (unpaired) electrons. The molecule has 0 aliphatic carbocycles. The second-order valence-corrected chi connectivity index (χ2v) is 15.2. The zero-order chi connectivity index (χ0) is 36.3. The molecule has 11 aromatic rings. The number of fused-ring (bicyclic) bond motifs is 7. The van der Waals surface area contributed by atoms with Gasteiger partial charge in [-0.25, -0.2) is 0 Å². The highest BCUT2D eigenvalue weighted by atomic mass is 32.1. The second-order valence-electron chi connectivity index (χ2n) is 14.2. The van der Waals surface area contributed by atoms with Crippen molar-refractivity contribution < 1.29 is 0 Å². The van der Waals surface area contributed by atoms with Gasteiger partial charge in [0.15, 0.2) is 0 Å². The first-order chi connectivity index (χ1) is 27.3. The van der Waals surface area contributed by atoms with Crippen LogP contribution in [0.4, 0.5) is 17.1 Å². The van der Waals surface area contributed by atoms with E-state index in [1.54, 1.807) is 0 Å². The Kier molecular flexibility index (Phi) is 7.39. The quantitative estimate of drug-likeness (QED) is 0.166. The lowest BCUT2D eigenvalue weighted by molar-refractivity contribution is 1.17. The molecule has 0 spiro atoms. The van der Waals surface area contributed by atoms with Crippen molar-refractivity contribution in [1.82, 2.24) is 4.57 Å². The Morgan fingerprint density at radius 3 is 1.82 bits per heavy atom. The minimum absolute atomic E-state index is 1.09. The van der Waals surface area contributed by atoms with E-state index in [0.717, 1.165) is 22.7 Å². The molecule has 11 rings (SSSR count). The van der Waals surface area contributed by atoms with E-state index in [2.05, 4.69) is 216 Å². The van der Waals surface area contributed by atoms with Gasteiger partial charge in [0.1, 0.15) is 0 Å². The molecule has 2 nitrogen and oxygen atoms in total. The summed E-state index contributed by atoms with van der Waals surface area (Å²) in [6.07, 6.45) is 0. The maximum absolute atomic E-state index is 2.47. The van der Waals surface area contributed by atoms with Crippen molar-refractivity contribution in [2.75, 3.05) is 4.90 Å². The third kappa shape index (κ3) is 5.32. The van der Waals surface area contributed by atoms with Crippen LogP contribution in [0.15, 0.2) is 206 Å². The molecule has 9 aromatic carbocycles.